The molecule has 176 valence electrons. The average molecular weight is 434 g/mol. The molecule has 0 aliphatic rings. The van der Waals surface area contributed by atoms with E-state index in [1.807, 2.05) is 0 Å². The quantitative estimate of drug-likeness (QED) is 0.204. The molecule has 0 rings (SSSR count). The topological polar surface area (TPSA) is 216 Å². The molecule has 0 fully saturated rings. The van der Waals surface area contributed by atoms with Gasteiger partial charge < -0.3 is 33.1 Å². The third kappa shape index (κ3) is 12.5. The van der Waals surface area contributed by atoms with Crippen molar-refractivity contribution in [2.45, 2.75) is 77.4 Å². The maximum atomic E-state index is 12.8. The highest BCUT2D eigenvalue weighted by atomic mass is 16.4. The summed E-state index contributed by atoms with van der Waals surface area (Å²) >= 11 is 0. The number of amides is 2. The summed E-state index contributed by atoms with van der Waals surface area (Å²) in [7, 11) is 0. The van der Waals surface area contributed by atoms with Gasteiger partial charge in [0.05, 0.1) is 12.1 Å². The van der Waals surface area contributed by atoms with Crippen molar-refractivity contribution in [3.63, 3.8) is 0 Å². The van der Waals surface area contributed by atoms with Gasteiger partial charge in [-0.3, -0.25) is 19.3 Å². The second-order valence-electron chi connectivity index (χ2n) is 7.36. The van der Waals surface area contributed by atoms with Gasteiger partial charge >= 0.3 is 5.97 Å². The fraction of sp³-hybridized carbons (Fsp3) is 0.789. The third-order valence-electron chi connectivity index (χ3n) is 4.29. The van der Waals surface area contributed by atoms with Crippen molar-refractivity contribution in [1.82, 2.24) is 4.90 Å². The lowest BCUT2D eigenvalue weighted by Gasteiger charge is -2.32. The summed E-state index contributed by atoms with van der Waals surface area (Å²) in [6, 6.07) is -3.25. The number of rotatable bonds is 13. The Hall–Kier alpha value is -2.08. The van der Waals surface area contributed by atoms with Gasteiger partial charge in [0.2, 0.25) is 11.8 Å². The minimum atomic E-state index is -1.30. The van der Waals surface area contributed by atoms with Gasteiger partial charge in [0, 0.05) is 6.92 Å². The third-order valence-corrected chi connectivity index (χ3v) is 4.29. The number of carboxylic acids is 2. The number of nitrogens with zero attached hydrogens (tertiary/aromatic N) is 1. The molecule has 0 aromatic carbocycles. The smallest absolute Gasteiger partial charge is 0.326 e. The lowest BCUT2D eigenvalue weighted by atomic mass is 9.99. The molecule has 0 aromatic rings. The van der Waals surface area contributed by atoms with Crippen LogP contribution < -0.4 is 22.9 Å². The lowest BCUT2D eigenvalue weighted by Crippen LogP contribution is -2.59. The Morgan fingerprint density at radius 3 is 1.63 bits per heavy atom. The molecule has 0 aliphatic carbocycles. The van der Waals surface area contributed by atoms with Crippen LogP contribution >= 0.6 is 0 Å². The molecule has 11 nitrogen and oxygen atoms in total. The van der Waals surface area contributed by atoms with E-state index in [-0.39, 0.29) is 12.3 Å². The SMILES string of the molecule is CC(=O)O.CC(C)C(N)C(=O)N(C(=O)C(N)CCCCN)C(CCCCN)C(=O)O. The van der Waals surface area contributed by atoms with Crippen molar-refractivity contribution in [2.75, 3.05) is 13.1 Å². The predicted octanol–water partition coefficient (Wildman–Crippen LogP) is -0.546. The minimum absolute atomic E-state index is 0.115. The summed E-state index contributed by atoms with van der Waals surface area (Å²) < 4.78 is 0. The van der Waals surface area contributed by atoms with Gasteiger partial charge in [0.15, 0.2) is 0 Å². The van der Waals surface area contributed by atoms with Gasteiger partial charge in [-0.1, -0.05) is 20.3 Å². The molecule has 10 N–H and O–H groups in total. The number of carbonyl (C=O) groups excluding carboxylic acids is 2. The zero-order valence-corrected chi connectivity index (χ0v) is 18.3. The van der Waals surface area contributed by atoms with E-state index in [1.165, 1.54) is 0 Å². The monoisotopic (exact) mass is 433 g/mol. The van der Waals surface area contributed by atoms with Crippen molar-refractivity contribution >= 4 is 23.8 Å². The highest BCUT2D eigenvalue weighted by Crippen LogP contribution is 2.16. The van der Waals surface area contributed by atoms with Crippen LogP contribution in [0, 0.1) is 5.92 Å². The van der Waals surface area contributed by atoms with Crippen LogP contribution in [0.1, 0.15) is 59.3 Å². The molecule has 0 aromatic heterocycles. The van der Waals surface area contributed by atoms with E-state index in [9.17, 15) is 19.5 Å². The fourth-order valence-corrected chi connectivity index (χ4v) is 2.52. The minimum Gasteiger partial charge on any atom is -0.481 e. The highest BCUT2D eigenvalue weighted by Gasteiger charge is 2.39. The standard InChI is InChI=1S/C17H35N5O4.C2H4O2/c1-11(2)14(21)16(24)22(13(17(25)26)8-4-6-10-19)15(23)12(20)7-3-5-9-18;1-2(3)4/h11-14H,3-10,18-21H2,1-2H3,(H,25,26);1H3,(H,3,4). The Labute approximate surface area is 178 Å². The summed E-state index contributed by atoms with van der Waals surface area (Å²) in [5, 5.41) is 17.0. The largest absolute Gasteiger partial charge is 0.481 e. The molecule has 30 heavy (non-hydrogen) atoms. The molecule has 0 heterocycles. The van der Waals surface area contributed by atoms with Crippen molar-refractivity contribution in [2.24, 2.45) is 28.9 Å². The van der Waals surface area contributed by atoms with E-state index in [0.29, 0.717) is 45.2 Å². The summed E-state index contributed by atoms with van der Waals surface area (Å²) in [6.07, 6.45) is 2.82. The first kappa shape index (κ1) is 30.1. The highest BCUT2D eigenvalue weighted by molar-refractivity contribution is 6.03. The first-order valence-electron chi connectivity index (χ1n) is 10.1. The zero-order chi connectivity index (χ0) is 23.9. The predicted molar refractivity (Wildman–Crippen MR) is 113 cm³/mol. The normalized spacial score (nSPS) is 13.6. The van der Waals surface area contributed by atoms with Crippen LogP contribution in [0.5, 0.6) is 0 Å². The van der Waals surface area contributed by atoms with Crippen molar-refractivity contribution in [3.8, 4) is 0 Å². The first-order valence-corrected chi connectivity index (χ1v) is 10.1. The molecule has 0 spiro atoms. The van der Waals surface area contributed by atoms with E-state index in [0.717, 1.165) is 11.8 Å². The number of hydrogen-bond acceptors (Lipinski definition) is 8. The van der Waals surface area contributed by atoms with Crippen LogP contribution in [0.3, 0.4) is 0 Å². The van der Waals surface area contributed by atoms with E-state index in [2.05, 4.69) is 0 Å². The van der Waals surface area contributed by atoms with E-state index in [1.54, 1.807) is 13.8 Å². The molecule has 0 saturated carbocycles. The van der Waals surface area contributed by atoms with Crippen LogP contribution in [0.15, 0.2) is 0 Å². The number of carbonyl (C=O) groups is 4. The molecule has 3 atom stereocenters. The fourth-order valence-electron chi connectivity index (χ4n) is 2.52. The summed E-state index contributed by atoms with van der Waals surface area (Å²) in [4.78, 5) is 47.0. The molecule has 11 heteroatoms. The maximum Gasteiger partial charge on any atom is 0.326 e. The van der Waals surface area contributed by atoms with E-state index >= 15 is 0 Å². The van der Waals surface area contributed by atoms with Gasteiger partial charge in [-0.15, -0.1) is 0 Å². The molecule has 0 radical (unpaired) electrons. The molecule has 0 bridgehead atoms. The number of aliphatic carboxylic acids is 2. The Morgan fingerprint density at radius 1 is 0.833 bits per heavy atom. The maximum absolute atomic E-state index is 12.8. The summed E-state index contributed by atoms with van der Waals surface area (Å²) in [6.45, 7) is 5.42. The number of nitrogens with two attached hydrogens (primary N) is 4. The summed E-state index contributed by atoms with van der Waals surface area (Å²) in [5.74, 6) is -3.75. The Balaban J connectivity index is 0. The number of carboxylic acid groups (broad SMARTS) is 2. The van der Waals surface area contributed by atoms with Gasteiger partial charge in [-0.05, 0) is 51.1 Å². The first-order chi connectivity index (χ1) is 13.9. The van der Waals surface area contributed by atoms with Gasteiger partial charge in [-0.25, -0.2) is 4.79 Å². The van der Waals surface area contributed by atoms with Crippen LogP contribution in [0.25, 0.3) is 0 Å². The number of unbranched alkanes of at least 4 members (excludes halogenated alkanes) is 2. The Morgan fingerprint density at radius 2 is 1.27 bits per heavy atom. The van der Waals surface area contributed by atoms with Gasteiger partial charge in [0.1, 0.15) is 6.04 Å². The number of hydrogen-bond donors (Lipinski definition) is 6. The molecule has 0 aliphatic heterocycles. The zero-order valence-electron chi connectivity index (χ0n) is 18.3. The van der Waals surface area contributed by atoms with E-state index in [4.69, 9.17) is 32.8 Å². The van der Waals surface area contributed by atoms with Crippen LogP contribution in [0.2, 0.25) is 0 Å². The van der Waals surface area contributed by atoms with Crippen LogP contribution in [-0.4, -0.2) is 70.1 Å². The van der Waals surface area contributed by atoms with Crippen LogP contribution in [-0.2, 0) is 19.2 Å². The van der Waals surface area contributed by atoms with Crippen molar-refractivity contribution in [1.29, 1.82) is 0 Å². The average Bonchev–Trinajstić information content (AvgIpc) is 2.65. The molecule has 0 saturated heterocycles. The van der Waals surface area contributed by atoms with Crippen molar-refractivity contribution < 1.29 is 29.4 Å². The Bertz CT molecular complexity index is 540. The van der Waals surface area contributed by atoms with Crippen molar-refractivity contribution in [3.05, 3.63) is 0 Å². The van der Waals surface area contributed by atoms with Crippen LogP contribution in [0.4, 0.5) is 0 Å². The Kier molecular flexibility index (Phi) is 16.8. The molecular weight excluding hydrogens is 394 g/mol. The van der Waals surface area contributed by atoms with E-state index < -0.39 is 41.9 Å². The summed E-state index contributed by atoms with van der Waals surface area (Å²) in [5.41, 5.74) is 22.7. The second kappa shape index (κ2) is 16.7. The number of imide groups is 1. The van der Waals surface area contributed by atoms with Gasteiger partial charge in [0.25, 0.3) is 5.97 Å². The molecular formula is C19H39N5O6. The lowest BCUT2D eigenvalue weighted by molar-refractivity contribution is -0.160. The van der Waals surface area contributed by atoms with Gasteiger partial charge in [-0.2, -0.15) is 0 Å². The molecule has 3 unspecified atom stereocenters. The molecule has 2 amide bonds. The second-order valence-corrected chi connectivity index (χ2v) is 7.36.